The first-order valence-electron chi connectivity index (χ1n) is 8.55. The molecule has 0 saturated heterocycles. The van der Waals surface area contributed by atoms with Gasteiger partial charge in [-0.25, -0.2) is 0 Å². The maximum absolute atomic E-state index is 12.2. The van der Waals surface area contributed by atoms with Crippen molar-refractivity contribution in [1.82, 2.24) is 5.32 Å². The van der Waals surface area contributed by atoms with E-state index in [1.807, 2.05) is 30.3 Å². The van der Waals surface area contributed by atoms with Gasteiger partial charge in [0.25, 0.3) is 5.91 Å². The van der Waals surface area contributed by atoms with Gasteiger partial charge in [-0.3, -0.25) is 9.59 Å². The number of hydrogen-bond donors (Lipinski definition) is 3. The summed E-state index contributed by atoms with van der Waals surface area (Å²) < 4.78 is 0. The molecule has 2 amide bonds. The van der Waals surface area contributed by atoms with Gasteiger partial charge in [-0.1, -0.05) is 36.8 Å². The molecule has 5 heteroatoms. The van der Waals surface area contributed by atoms with Gasteiger partial charge in [0.05, 0.1) is 6.10 Å². The van der Waals surface area contributed by atoms with Gasteiger partial charge in [-0.15, -0.1) is 0 Å². The highest BCUT2D eigenvalue weighted by Gasteiger charge is 2.25. The van der Waals surface area contributed by atoms with Gasteiger partial charge in [0, 0.05) is 23.7 Å². The summed E-state index contributed by atoms with van der Waals surface area (Å²) in [6.45, 7) is 0.142. The first-order valence-corrected chi connectivity index (χ1v) is 8.55. The quantitative estimate of drug-likeness (QED) is 0.758. The molecule has 0 unspecified atom stereocenters. The molecule has 0 heterocycles. The fourth-order valence-electron chi connectivity index (χ4n) is 2.70. The zero-order chi connectivity index (χ0) is 17.6. The molecule has 3 rings (SSSR count). The molecule has 25 heavy (non-hydrogen) atoms. The van der Waals surface area contributed by atoms with Crippen LogP contribution in [0.15, 0.2) is 54.6 Å². The van der Waals surface area contributed by atoms with Crippen molar-refractivity contribution in [3.05, 3.63) is 65.7 Å². The van der Waals surface area contributed by atoms with Crippen molar-refractivity contribution in [2.75, 3.05) is 11.9 Å². The number of carbonyl (C=O) groups excluding carboxylic acids is 2. The van der Waals surface area contributed by atoms with Gasteiger partial charge in [0.15, 0.2) is 0 Å². The molecule has 130 valence electrons. The summed E-state index contributed by atoms with van der Waals surface area (Å²) in [4.78, 5) is 24.1. The van der Waals surface area contributed by atoms with Gasteiger partial charge in [0.2, 0.25) is 5.91 Å². The Kier molecular flexibility index (Phi) is 5.46. The predicted octanol–water partition coefficient (Wildman–Crippen LogP) is 2.89. The van der Waals surface area contributed by atoms with Crippen LogP contribution in [0, 0.1) is 5.92 Å². The second kappa shape index (κ2) is 7.94. The van der Waals surface area contributed by atoms with E-state index in [1.54, 1.807) is 24.3 Å². The minimum atomic E-state index is -0.744. The number of carbonyl (C=O) groups is 2. The lowest BCUT2D eigenvalue weighted by Crippen LogP contribution is -2.29. The Morgan fingerprint density at radius 2 is 1.72 bits per heavy atom. The molecule has 1 aliphatic carbocycles. The summed E-state index contributed by atoms with van der Waals surface area (Å²) in [5.74, 6) is -0.0799. The van der Waals surface area contributed by atoms with Crippen molar-refractivity contribution >= 4 is 17.5 Å². The van der Waals surface area contributed by atoms with Crippen LogP contribution in [0.4, 0.5) is 5.69 Å². The fraction of sp³-hybridized carbons (Fsp3) is 0.300. The highest BCUT2D eigenvalue weighted by molar-refractivity contribution is 5.96. The third-order valence-corrected chi connectivity index (χ3v) is 4.53. The minimum Gasteiger partial charge on any atom is -0.387 e. The smallest absolute Gasteiger partial charge is 0.251 e. The molecule has 1 aliphatic rings. The van der Waals surface area contributed by atoms with E-state index in [9.17, 15) is 14.7 Å². The van der Waals surface area contributed by atoms with Gasteiger partial charge < -0.3 is 15.7 Å². The van der Waals surface area contributed by atoms with Crippen LogP contribution >= 0.6 is 0 Å². The predicted molar refractivity (Wildman–Crippen MR) is 96.1 cm³/mol. The normalized spacial score (nSPS) is 15.1. The lowest BCUT2D eigenvalue weighted by molar-refractivity contribution is -0.122. The fourth-order valence-corrected chi connectivity index (χ4v) is 2.70. The van der Waals surface area contributed by atoms with Gasteiger partial charge >= 0.3 is 0 Å². The van der Waals surface area contributed by atoms with Crippen molar-refractivity contribution < 1.29 is 14.7 Å². The van der Waals surface area contributed by atoms with E-state index in [0.29, 0.717) is 11.3 Å². The largest absolute Gasteiger partial charge is 0.387 e. The molecule has 2 aromatic carbocycles. The number of anilines is 1. The molecule has 5 nitrogen and oxygen atoms in total. The Balaban J connectivity index is 1.51. The lowest BCUT2D eigenvalue weighted by atomic mass is 9.85. The first-order chi connectivity index (χ1) is 12.1. The molecular formula is C20H22N2O3. The van der Waals surface area contributed by atoms with Gasteiger partial charge in [0.1, 0.15) is 0 Å². The number of rotatable bonds is 6. The van der Waals surface area contributed by atoms with Crippen molar-refractivity contribution in [2.24, 2.45) is 5.92 Å². The number of aliphatic hydroxyl groups excluding tert-OH is 1. The van der Waals surface area contributed by atoms with E-state index < -0.39 is 6.10 Å². The molecule has 3 N–H and O–H groups in total. The summed E-state index contributed by atoms with van der Waals surface area (Å²) in [6.07, 6.45) is 2.28. The highest BCUT2D eigenvalue weighted by Crippen LogP contribution is 2.27. The molecule has 2 aromatic rings. The Bertz CT molecular complexity index is 724. The maximum Gasteiger partial charge on any atom is 0.251 e. The Labute approximate surface area is 147 Å². The molecule has 1 saturated carbocycles. The van der Waals surface area contributed by atoms with Crippen LogP contribution in [-0.4, -0.2) is 23.5 Å². The molecule has 0 aliphatic heterocycles. The van der Waals surface area contributed by atoms with Crippen LogP contribution in [0.3, 0.4) is 0 Å². The number of hydrogen-bond acceptors (Lipinski definition) is 3. The molecule has 1 atom stereocenters. The van der Waals surface area contributed by atoms with Gasteiger partial charge in [-0.2, -0.15) is 0 Å². The van der Waals surface area contributed by atoms with E-state index in [4.69, 9.17) is 0 Å². The Morgan fingerprint density at radius 3 is 2.32 bits per heavy atom. The van der Waals surface area contributed by atoms with Gasteiger partial charge in [-0.05, 0) is 42.7 Å². The zero-order valence-electron chi connectivity index (χ0n) is 13.9. The Hall–Kier alpha value is -2.66. The summed E-state index contributed by atoms with van der Waals surface area (Å²) in [7, 11) is 0. The van der Waals surface area contributed by atoms with E-state index in [1.165, 1.54) is 0 Å². The SMILES string of the molecule is O=C(NC[C@H](O)c1ccccc1)c1ccc(NC(=O)C2CCC2)cc1. The third-order valence-electron chi connectivity index (χ3n) is 4.53. The summed E-state index contributed by atoms with van der Waals surface area (Å²) in [6, 6.07) is 16.0. The van der Waals surface area contributed by atoms with Crippen molar-refractivity contribution in [3.63, 3.8) is 0 Å². The summed E-state index contributed by atoms with van der Waals surface area (Å²) in [5, 5.41) is 15.7. The number of amides is 2. The number of aliphatic hydroxyl groups is 1. The van der Waals surface area contributed by atoms with Crippen LogP contribution in [0.5, 0.6) is 0 Å². The average Bonchev–Trinajstić information content (AvgIpc) is 2.59. The standard InChI is InChI=1S/C20H22N2O3/c23-18(14-5-2-1-3-6-14)13-21-19(24)16-9-11-17(12-10-16)22-20(25)15-7-4-8-15/h1-3,5-6,9-12,15,18,23H,4,7-8,13H2,(H,21,24)(H,22,25)/t18-/m0/s1. The zero-order valence-corrected chi connectivity index (χ0v) is 13.9. The molecule has 0 radical (unpaired) electrons. The van der Waals surface area contributed by atoms with Crippen molar-refractivity contribution in [2.45, 2.75) is 25.4 Å². The monoisotopic (exact) mass is 338 g/mol. The molecule has 0 aromatic heterocycles. The first kappa shape index (κ1) is 17.2. The van der Waals surface area contributed by atoms with Crippen LogP contribution in [-0.2, 0) is 4.79 Å². The third kappa shape index (κ3) is 4.45. The second-order valence-electron chi connectivity index (χ2n) is 6.33. The lowest BCUT2D eigenvalue weighted by Gasteiger charge is -2.24. The van der Waals surface area contributed by atoms with Crippen LogP contribution in [0.2, 0.25) is 0 Å². The molecular weight excluding hydrogens is 316 g/mol. The van der Waals surface area contributed by atoms with Crippen LogP contribution < -0.4 is 10.6 Å². The summed E-state index contributed by atoms with van der Waals surface area (Å²) in [5.41, 5.74) is 1.94. The molecule has 0 spiro atoms. The topological polar surface area (TPSA) is 78.4 Å². The Morgan fingerprint density at radius 1 is 1.04 bits per heavy atom. The summed E-state index contributed by atoms with van der Waals surface area (Å²) >= 11 is 0. The second-order valence-corrected chi connectivity index (χ2v) is 6.33. The van der Waals surface area contributed by atoms with Crippen molar-refractivity contribution in [3.8, 4) is 0 Å². The average molecular weight is 338 g/mol. The van der Waals surface area contributed by atoms with Crippen molar-refractivity contribution in [1.29, 1.82) is 0 Å². The maximum atomic E-state index is 12.2. The van der Waals surface area contributed by atoms with E-state index in [2.05, 4.69) is 10.6 Å². The number of nitrogens with one attached hydrogen (secondary N) is 2. The van der Waals surface area contributed by atoms with E-state index in [-0.39, 0.29) is 24.3 Å². The van der Waals surface area contributed by atoms with E-state index in [0.717, 1.165) is 24.8 Å². The minimum absolute atomic E-state index is 0.0504. The highest BCUT2D eigenvalue weighted by atomic mass is 16.3. The number of benzene rings is 2. The molecule has 1 fully saturated rings. The van der Waals surface area contributed by atoms with E-state index >= 15 is 0 Å². The van der Waals surface area contributed by atoms with Crippen LogP contribution in [0.25, 0.3) is 0 Å². The molecule has 0 bridgehead atoms. The van der Waals surface area contributed by atoms with Crippen LogP contribution in [0.1, 0.15) is 41.3 Å².